The first-order valence-corrected chi connectivity index (χ1v) is 6.28. The topological polar surface area (TPSA) is 14.2 Å². The number of rotatable bonds is 3. The summed E-state index contributed by atoms with van der Waals surface area (Å²) in [6, 6.07) is 15.2. The van der Waals surface area contributed by atoms with Crippen LogP contribution in [-0.2, 0) is 11.3 Å². The standard InChI is InChI=1S/C16H17NO/c1-12-7-8-16-14(11-12)13-5-3-4-6-15(13)17(16)9-10-18-2/h3-8,11H,9-10H2,1-2H3. The Kier molecular flexibility index (Phi) is 2.80. The zero-order valence-electron chi connectivity index (χ0n) is 10.8. The molecular weight excluding hydrogens is 222 g/mol. The Morgan fingerprint density at radius 1 is 1.00 bits per heavy atom. The van der Waals surface area contributed by atoms with Gasteiger partial charge in [-0.1, -0.05) is 29.8 Å². The molecule has 3 rings (SSSR count). The summed E-state index contributed by atoms with van der Waals surface area (Å²) in [7, 11) is 1.75. The molecule has 1 heterocycles. The van der Waals surface area contributed by atoms with Crippen LogP contribution in [0.5, 0.6) is 0 Å². The Balaban J connectivity index is 2.34. The molecule has 0 bridgehead atoms. The van der Waals surface area contributed by atoms with Gasteiger partial charge in [0.05, 0.1) is 6.61 Å². The number of aryl methyl sites for hydroxylation is 1. The Labute approximate surface area is 107 Å². The molecule has 0 atom stereocenters. The van der Waals surface area contributed by atoms with Crippen molar-refractivity contribution in [3.63, 3.8) is 0 Å². The Bertz CT molecular complexity index is 697. The summed E-state index contributed by atoms with van der Waals surface area (Å²) in [6.45, 7) is 3.77. The second-order valence-corrected chi connectivity index (χ2v) is 4.68. The number of aromatic nitrogens is 1. The monoisotopic (exact) mass is 239 g/mol. The third-order valence-electron chi connectivity index (χ3n) is 3.45. The lowest BCUT2D eigenvalue weighted by Crippen LogP contribution is -2.03. The van der Waals surface area contributed by atoms with E-state index in [4.69, 9.17) is 4.74 Å². The van der Waals surface area contributed by atoms with Gasteiger partial charge < -0.3 is 9.30 Å². The molecular formula is C16H17NO. The largest absolute Gasteiger partial charge is 0.383 e. The van der Waals surface area contributed by atoms with E-state index in [1.54, 1.807) is 7.11 Å². The predicted octanol–water partition coefficient (Wildman–Crippen LogP) is 3.75. The number of para-hydroxylation sites is 1. The van der Waals surface area contributed by atoms with Crippen molar-refractivity contribution in [3.05, 3.63) is 48.0 Å². The summed E-state index contributed by atoms with van der Waals surface area (Å²) < 4.78 is 7.56. The molecule has 1 aromatic heterocycles. The van der Waals surface area contributed by atoms with Gasteiger partial charge >= 0.3 is 0 Å². The molecule has 2 nitrogen and oxygen atoms in total. The lowest BCUT2D eigenvalue weighted by molar-refractivity contribution is 0.189. The first kappa shape index (κ1) is 11.3. The minimum Gasteiger partial charge on any atom is -0.383 e. The van der Waals surface area contributed by atoms with Gasteiger partial charge in [-0.25, -0.2) is 0 Å². The van der Waals surface area contributed by atoms with Gasteiger partial charge in [-0.3, -0.25) is 0 Å². The third kappa shape index (κ3) is 1.70. The summed E-state index contributed by atoms with van der Waals surface area (Å²) in [5.74, 6) is 0. The van der Waals surface area contributed by atoms with E-state index in [1.165, 1.54) is 27.4 Å². The summed E-state index contributed by atoms with van der Waals surface area (Å²) in [5.41, 5.74) is 3.88. The molecule has 0 saturated carbocycles. The number of ether oxygens (including phenoxy) is 1. The Hall–Kier alpha value is -1.80. The molecule has 0 saturated heterocycles. The van der Waals surface area contributed by atoms with E-state index in [0.29, 0.717) is 0 Å². The van der Waals surface area contributed by atoms with Crippen molar-refractivity contribution in [2.45, 2.75) is 13.5 Å². The molecule has 0 radical (unpaired) electrons. The molecule has 2 heteroatoms. The third-order valence-corrected chi connectivity index (χ3v) is 3.45. The highest BCUT2D eigenvalue weighted by Crippen LogP contribution is 2.29. The molecule has 0 aliphatic carbocycles. The van der Waals surface area contributed by atoms with Crippen molar-refractivity contribution < 1.29 is 4.74 Å². The Morgan fingerprint density at radius 2 is 1.78 bits per heavy atom. The minimum atomic E-state index is 0.738. The maximum absolute atomic E-state index is 5.22. The van der Waals surface area contributed by atoms with Crippen LogP contribution in [0.2, 0.25) is 0 Å². The van der Waals surface area contributed by atoms with Crippen molar-refractivity contribution in [1.29, 1.82) is 0 Å². The summed E-state index contributed by atoms with van der Waals surface area (Å²) >= 11 is 0. The van der Waals surface area contributed by atoms with Gasteiger partial charge in [0.1, 0.15) is 0 Å². The van der Waals surface area contributed by atoms with Crippen LogP contribution in [-0.4, -0.2) is 18.3 Å². The van der Waals surface area contributed by atoms with Crippen molar-refractivity contribution in [2.75, 3.05) is 13.7 Å². The fraction of sp³-hybridized carbons (Fsp3) is 0.250. The van der Waals surface area contributed by atoms with Crippen LogP contribution in [0, 0.1) is 6.92 Å². The smallest absolute Gasteiger partial charge is 0.0642 e. The van der Waals surface area contributed by atoms with Gasteiger partial charge in [-0.05, 0) is 25.1 Å². The maximum Gasteiger partial charge on any atom is 0.0642 e. The lowest BCUT2D eigenvalue weighted by atomic mass is 10.1. The molecule has 2 aromatic carbocycles. The van der Waals surface area contributed by atoms with Crippen LogP contribution < -0.4 is 0 Å². The predicted molar refractivity (Wildman–Crippen MR) is 76.1 cm³/mol. The number of nitrogens with zero attached hydrogens (tertiary/aromatic N) is 1. The van der Waals surface area contributed by atoms with Crippen LogP contribution in [0.4, 0.5) is 0 Å². The second-order valence-electron chi connectivity index (χ2n) is 4.68. The van der Waals surface area contributed by atoms with E-state index >= 15 is 0 Å². The molecule has 3 aromatic rings. The van der Waals surface area contributed by atoms with Crippen LogP contribution in [0.3, 0.4) is 0 Å². The van der Waals surface area contributed by atoms with Crippen molar-refractivity contribution in [1.82, 2.24) is 4.57 Å². The molecule has 0 amide bonds. The quantitative estimate of drug-likeness (QED) is 0.679. The molecule has 0 fully saturated rings. The van der Waals surface area contributed by atoms with E-state index in [9.17, 15) is 0 Å². The van der Waals surface area contributed by atoms with Gasteiger partial charge in [0.25, 0.3) is 0 Å². The molecule has 18 heavy (non-hydrogen) atoms. The molecule has 0 aliphatic rings. The first-order valence-electron chi connectivity index (χ1n) is 6.28. The van der Waals surface area contributed by atoms with E-state index in [2.05, 4.69) is 54.0 Å². The lowest BCUT2D eigenvalue weighted by Gasteiger charge is -2.06. The van der Waals surface area contributed by atoms with Crippen LogP contribution >= 0.6 is 0 Å². The number of methoxy groups -OCH3 is 1. The fourth-order valence-corrected chi connectivity index (χ4v) is 2.59. The van der Waals surface area contributed by atoms with Crippen molar-refractivity contribution >= 4 is 21.8 Å². The van der Waals surface area contributed by atoms with Gasteiger partial charge in [0.15, 0.2) is 0 Å². The maximum atomic E-state index is 5.22. The Morgan fingerprint density at radius 3 is 2.61 bits per heavy atom. The van der Waals surface area contributed by atoms with E-state index < -0.39 is 0 Å². The average molecular weight is 239 g/mol. The molecule has 0 aliphatic heterocycles. The summed E-state index contributed by atoms with van der Waals surface area (Å²) in [6.07, 6.45) is 0. The molecule has 0 unspecified atom stereocenters. The van der Waals surface area contributed by atoms with Gasteiger partial charge in [-0.15, -0.1) is 0 Å². The summed E-state index contributed by atoms with van der Waals surface area (Å²) in [4.78, 5) is 0. The highest BCUT2D eigenvalue weighted by atomic mass is 16.5. The van der Waals surface area contributed by atoms with Gasteiger partial charge in [-0.2, -0.15) is 0 Å². The fourth-order valence-electron chi connectivity index (χ4n) is 2.59. The molecule has 92 valence electrons. The van der Waals surface area contributed by atoms with Crippen molar-refractivity contribution in [2.24, 2.45) is 0 Å². The zero-order chi connectivity index (χ0) is 12.5. The molecule has 0 N–H and O–H groups in total. The second kappa shape index (κ2) is 4.46. The number of hydrogen-bond acceptors (Lipinski definition) is 1. The number of hydrogen-bond donors (Lipinski definition) is 0. The van der Waals surface area contributed by atoms with Crippen LogP contribution in [0.25, 0.3) is 21.8 Å². The van der Waals surface area contributed by atoms with E-state index in [-0.39, 0.29) is 0 Å². The molecule has 0 spiro atoms. The van der Waals surface area contributed by atoms with E-state index in [0.717, 1.165) is 13.2 Å². The number of benzene rings is 2. The normalized spacial score (nSPS) is 11.4. The highest BCUT2D eigenvalue weighted by Gasteiger charge is 2.09. The van der Waals surface area contributed by atoms with Gasteiger partial charge in [0, 0.05) is 35.5 Å². The first-order chi connectivity index (χ1) is 8.81. The van der Waals surface area contributed by atoms with Crippen molar-refractivity contribution in [3.8, 4) is 0 Å². The van der Waals surface area contributed by atoms with E-state index in [1.807, 2.05) is 0 Å². The number of fused-ring (bicyclic) bond motifs is 3. The van der Waals surface area contributed by atoms with Crippen LogP contribution in [0.15, 0.2) is 42.5 Å². The highest BCUT2D eigenvalue weighted by molar-refractivity contribution is 6.08. The van der Waals surface area contributed by atoms with Gasteiger partial charge in [0.2, 0.25) is 0 Å². The van der Waals surface area contributed by atoms with Crippen LogP contribution in [0.1, 0.15) is 5.56 Å². The SMILES string of the molecule is COCCn1c2ccccc2c2cc(C)ccc21. The average Bonchev–Trinajstić information content (AvgIpc) is 2.70. The minimum absolute atomic E-state index is 0.738. The summed E-state index contributed by atoms with van der Waals surface area (Å²) in [5, 5.41) is 2.66. The zero-order valence-corrected chi connectivity index (χ0v) is 10.8.